The summed E-state index contributed by atoms with van der Waals surface area (Å²) >= 11 is 7.65. The third-order valence-corrected chi connectivity index (χ3v) is 3.93. The molecule has 0 bridgehead atoms. The number of halogens is 1. The minimum atomic E-state index is 0.148. The van der Waals surface area contributed by atoms with Crippen LogP contribution in [-0.2, 0) is 17.6 Å². The molecule has 94 valence electrons. The Labute approximate surface area is 116 Å². The predicted octanol–water partition coefficient (Wildman–Crippen LogP) is 3.77. The number of aromatic nitrogens is 1. The summed E-state index contributed by atoms with van der Waals surface area (Å²) in [5.74, 6) is 0.148. The summed E-state index contributed by atoms with van der Waals surface area (Å²) in [7, 11) is 0. The Balaban J connectivity index is 2.03. The van der Waals surface area contributed by atoms with Gasteiger partial charge in [-0.05, 0) is 31.0 Å². The van der Waals surface area contributed by atoms with E-state index in [1.807, 2.05) is 37.4 Å². The van der Waals surface area contributed by atoms with Gasteiger partial charge in [0.2, 0.25) is 0 Å². The van der Waals surface area contributed by atoms with E-state index < -0.39 is 0 Å². The highest BCUT2D eigenvalue weighted by atomic mass is 35.5. The van der Waals surface area contributed by atoms with Crippen LogP contribution < -0.4 is 0 Å². The lowest BCUT2D eigenvalue weighted by Gasteiger charge is -2.04. The number of aryl methyl sites for hydroxylation is 2. The molecule has 2 nitrogen and oxygen atoms in total. The van der Waals surface area contributed by atoms with Crippen LogP contribution >= 0.6 is 22.9 Å². The van der Waals surface area contributed by atoms with Gasteiger partial charge < -0.3 is 0 Å². The van der Waals surface area contributed by atoms with Crippen molar-refractivity contribution < 1.29 is 4.79 Å². The van der Waals surface area contributed by atoms with E-state index in [4.69, 9.17) is 11.6 Å². The number of ketones is 1. The van der Waals surface area contributed by atoms with Gasteiger partial charge in [0.25, 0.3) is 0 Å². The van der Waals surface area contributed by atoms with Gasteiger partial charge in [-0.25, -0.2) is 4.98 Å². The van der Waals surface area contributed by atoms with Crippen molar-refractivity contribution in [3.8, 4) is 0 Å². The molecule has 2 aromatic rings. The normalized spacial score (nSPS) is 10.6. The maximum atomic E-state index is 11.9. The van der Waals surface area contributed by atoms with Crippen LogP contribution in [0.1, 0.15) is 21.8 Å². The Hall–Kier alpha value is -1.19. The quantitative estimate of drug-likeness (QED) is 0.853. The van der Waals surface area contributed by atoms with Crippen LogP contribution in [0.2, 0.25) is 5.02 Å². The van der Waals surface area contributed by atoms with Crippen LogP contribution in [0.4, 0.5) is 0 Å². The number of nitrogens with zero attached hydrogens (tertiary/aromatic N) is 1. The van der Waals surface area contributed by atoms with Crippen molar-refractivity contribution >= 4 is 28.7 Å². The van der Waals surface area contributed by atoms with Gasteiger partial charge in [0, 0.05) is 22.5 Å². The molecule has 0 N–H and O–H groups in total. The molecule has 0 aliphatic heterocycles. The minimum absolute atomic E-state index is 0.148. The van der Waals surface area contributed by atoms with Crippen molar-refractivity contribution in [1.82, 2.24) is 4.98 Å². The molecule has 18 heavy (non-hydrogen) atoms. The maximum absolute atomic E-state index is 11.9. The van der Waals surface area contributed by atoms with Crippen molar-refractivity contribution in [2.75, 3.05) is 0 Å². The fraction of sp³-hybridized carbons (Fsp3) is 0.286. The van der Waals surface area contributed by atoms with Crippen molar-refractivity contribution in [3.63, 3.8) is 0 Å². The summed E-state index contributed by atoms with van der Waals surface area (Å²) < 4.78 is 0. The monoisotopic (exact) mass is 279 g/mol. The lowest BCUT2D eigenvalue weighted by atomic mass is 10.1. The van der Waals surface area contributed by atoms with Crippen LogP contribution in [0.25, 0.3) is 0 Å². The van der Waals surface area contributed by atoms with Gasteiger partial charge in [-0.1, -0.05) is 23.7 Å². The highest BCUT2D eigenvalue weighted by Gasteiger charge is 2.10. The summed E-state index contributed by atoms with van der Waals surface area (Å²) in [5.41, 5.74) is 2.96. The third-order valence-electron chi connectivity index (χ3n) is 2.61. The number of carbonyl (C=O) groups excluding carboxylic acids is 1. The van der Waals surface area contributed by atoms with Gasteiger partial charge >= 0.3 is 0 Å². The molecule has 0 unspecified atom stereocenters. The van der Waals surface area contributed by atoms with Crippen molar-refractivity contribution in [1.29, 1.82) is 0 Å². The zero-order chi connectivity index (χ0) is 13.1. The van der Waals surface area contributed by atoms with Gasteiger partial charge in [0.05, 0.1) is 6.42 Å². The second-order valence-electron chi connectivity index (χ2n) is 4.37. The predicted molar refractivity (Wildman–Crippen MR) is 75.5 cm³/mol. The van der Waals surface area contributed by atoms with E-state index in [1.54, 1.807) is 0 Å². The van der Waals surface area contributed by atoms with Gasteiger partial charge in [-0.3, -0.25) is 4.79 Å². The fourth-order valence-corrected chi connectivity index (χ4v) is 2.83. The second-order valence-corrected chi connectivity index (χ2v) is 5.72. The molecule has 0 aliphatic carbocycles. The highest BCUT2D eigenvalue weighted by molar-refractivity contribution is 7.09. The van der Waals surface area contributed by atoms with E-state index in [9.17, 15) is 4.79 Å². The Morgan fingerprint density at radius 3 is 2.72 bits per heavy atom. The number of Topliss-reactive ketones (excluding diaryl/α,β-unsaturated/α-hetero) is 1. The minimum Gasteiger partial charge on any atom is -0.299 e. The number of hydrogen-bond acceptors (Lipinski definition) is 3. The average Bonchev–Trinajstić information content (AvgIpc) is 2.68. The summed E-state index contributed by atoms with van der Waals surface area (Å²) in [5, 5.41) is 3.50. The van der Waals surface area contributed by atoms with E-state index in [-0.39, 0.29) is 5.78 Å². The van der Waals surface area contributed by atoms with Crippen molar-refractivity contribution in [3.05, 3.63) is 50.4 Å². The molecule has 2 rings (SSSR count). The summed E-state index contributed by atoms with van der Waals surface area (Å²) in [4.78, 5) is 16.2. The highest BCUT2D eigenvalue weighted by Crippen LogP contribution is 2.19. The van der Waals surface area contributed by atoms with Crippen LogP contribution in [0, 0.1) is 13.8 Å². The van der Waals surface area contributed by atoms with Crippen molar-refractivity contribution in [2.45, 2.75) is 26.7 Å². The molecule has 1 aromatic carbocycles. The first-order chi connectivity index (χ1) is 8.54. The summed E-state index contributed by atoms with van der Waals surface area (Å²) in [6, 6.07) is 5.78. The molecule has 0 spiro atoms. The van der Waals surface area contributed by atoms with Crippen LogP contribution in [0.15, 0.2) is 23.6 Å². The molecule has 0 fully saturated rings. The largest absolute Gasteiger partial charge is 0.299 e. The number of hydrogen-bond donors (Lipinski definition) is 0. The molecule has 1 heterocycles. The van der Waals surface area contributed by atoms with E-state index in [0.29, 0.717) is 17.9 Å². The van der Waals surface area contributed by atoms with Crippen LogP contribution in [0.5, 0.6) is 0 Å². The van der Waals surface area contributed by atoms with E-state index in [0.717, 1.165) is 21.8 Å². The fourth-order valence-electron chi connectivity index (χ4n) is 1.72. The second kappa shape index (κ2) is 5.63. The zero-order valence-corrected chi connectivity index (χ0v) is 11.9. The SMILES string of the molecule is Cc1ccc(CC(=O)Cc2nc(C)cs2)c(Cl)c1. The Morgan fingerprint density at radius 2 is 2.11 bits per heavy atom. The number of benzene rings is 1. The lowest BCUT2D eigenvalue weighted by molar-refractivity contribution is -0.117. The molecular formula is C14H14ClNOS. The average molecular weight is 280 g/mol. The third kappa shape index (κ3) is 3.40. The molecule has 0 amide bonds. The number of rotatable bonds is 4. The van der Waals surface area contributed by atoms with Gasteiger partial charge in [0.1, 0.15) is 10.8 Å². The van der Waals surface area contributed by atoms with Crippen molar-refractivity contribution in [2.24, 2.45) is 0 Å². The smallest absolute Gasteiger partial charge is 0.144 e. The molecule has 0 aliphatic rings. The first-order valence-electron chi connectivity index (χ1n) is 5.72. The van der Waals surface area contributed by atoms with E-state index in [2.05, 4.69) is 4.98 Å². The molecule has 4 heteroatoms. The Morgan fingerprint density at radius 1 is 1.33 bits per heavy atom. The maximum Gasteiger partial charge on any atom is 0.144 e. The molecular weight excluding hydrogens is 266 g/mol. The summed E-state index contributed by atoms with van der Waals surface area (Å²) in [6.45, 7) is 3.91. The zero-order valence-electron chi connectivity index (χ0n) is 10.4. The first kappa shape index (κ1) is 13.2. The summed E-state index contributed by atoms with van der Waals surface area (Å²) in [6.07, 6.45) is 0.764. The lowest BCUT2D eigenvalue weighted by Crippen LogP contribution is -2.07. The standard InChI is InChI=1S/C14H14ClNOS/c1-9-3-4-11(13(15)5-9)6-12(17)7-14-16-10(2)8-18-14/h3-5,8H,6-7H2,1-2H3. The molecule has 0 radical (unpaired) electrons. The molecule has 0 atom stereocenters. The van der Waals surface area contributed by atoms with Gasteiger partial charge in [-0.15, -0.1) is 11.3 Å². The molecule has 0 saturated carbocycles. The number of carbonyl (C=O) groups is 1. The van der Waals surface area contributed by atoms with Crippen LogP contribution in [-0.4, -0.2) is 10.8 Å². The van der Waals surface area contributed by atoms with E-state index in [1.165, 1.54) is 11.3 Å². The van der Waals surface area contributed by atoms with E-state index >= 15 is 0 Å². The molecule has 0 saturated heterocycles. The Kier molecular flexibility index (Phi) is 4.15. The topological polar surface area (TPSA) is 30.0 Å². The Bertz CT molecular complexity index is 577. The first-order valence-corrected chi connectivity index (χ1v) is 6.98. The van der Waals surface area contributed by atoms with Gasteiger partial charge in [0.15, 0.2) is 0 Å². The van der Waals surface area contributed by atoms with Crippen LogP contribution in [0.3, 0.4) is 0 Å². The molecule has 1 aromatic heterocycles. The van der Waals surface area contributed by atoms with Gasteiger partial charge in [-0.2, -0.15) is 0 Å². The number of thiazole rings is 1.